The number of nitrogens with one attached hydrogen (secondary N) is 1. The Morgan fingerprint density at radius 2 is 1.86 bits per heavy atom. The monoisotopic (exact) mass is 281 g/mol. The fraction of sp³-hybridized carbons (Fsp3) is 0.500. The molecule has 0 unspecified atom stereocenters. The summed E-state index contributed by atoms with van der Waals surface area (Å²) in [4.78, 5) is 7.15. The summed E-state index contributed by atoms with van der Waals surface area (Å²) < 4.78 is 0. The number of hydrogen-bond acceptors (Lipinski definition) is 3. The van der Waals surface area contributed by atoms with Gasteiger partial charge in [-0.05, 0) is 43.7 Å². The Hall–Kier alpha value is -1.77. The van der Waals surface area contributed by atoms with Gasteiger partial charge >= 0.3 is 0 Å². The molecule has 110 valence electrons. The fourth-order valence-corrected chi connectivity index (χ4v) is 3.24. The maximum absolute atomic E-state index is 4.69. The number of pyridine rings is 1. The smallest absolute Gasteiger partial charge is 0.136 e. The van der Waals surface area contributed by atoms with Crippen molar-refractivity contribution in [2.45, 2.75) is 38.6 Å². The lowest BCUT2D eigenvalue weighted by Crippen LogP contribution is -2.33. The van der Waals surface area contributed by atoms with Gasteiger partial charge in [0.2, 0.25) is 0 Å². The molecule has 1 N–H and O–H groups in total. The second-order valence-electron chi connectivity index (χ2n) is 6.62. The van der Waals surface area contributed by atoms with E-state index in [4.69, 9.17) is 0 Å². The molecule has 4 rings (SSSR count). The van der Waals surface area contributed by atoms with Gasteiger partial charge in [0.25, 0.3) is 0 Å². The topological polar surface area (TPSA) is 28.2 Å². The fourth-order valence-electron chi connectivity index (χ4n) is 3.24. The van der Waals surface area contributed by atoms with Gasteiger partial charge in [-0.15, -0.1) is 0 Å². The van der Waals surface area contributed by atoms with Crippen molar-refractivity contribution in [3.05, 3.63) is 30.5 Å². The number of piperidine rings is 1. The summed E-state index contributed by atoms with van der Waals surface area (Å²) in [6, 6.07) is 9.40. The molecule has 0 bridgehead atoms. The summed E-state index contributed by atoms with van der Waals surface area (Å²) in [5.74, 6) is 2.02. The van der Waals surface area contributed by atoms with Crippen LogP contribution in [-0.2, 0) is 0 Å². The Morgan fingerprint density at radius 1 is 1.05 bits per heavy atom. The van der Waals surface area contributed by atoms with Crippen molar-refractivity contribution in [1.82, 2.24) is 4.98 Å². The number of fused-ring (bicyclic) bond motifs is 1. The Kier molecular flexibility index (Phi) is 3.21. The zero-order chi connectivity index (χ0) is 14.2. The Morgan fingerprint density at radius 3 is 2.62 bits per heavy atom. The molecule has 1 aromatic heterocycles. The van der Waals surface area contributed by atoms with Crippen LogP contribution in [0.2, 0.25) is 0 Å². The number of hydrogen-bond donors (Lipinski definition) is 1. The van der Waals surface area contributed by atoms with E-state index in [0.29, 0.717) is 6.04 Å². The van der Waals surface area contributed by atoms with Gasteiger partial charge in [0.15, 0.2) is 0 Å². The third-order valence-electron chi connectivity index (χ3n) is 4.81. The van der Waals surface area contributed by atoms with E-state index in [9.17, 15) is 0 Å². The van der Waals surface area contributed by atoms with Gasteiger partial charge in [0.05, 0.1) is 0 Å². The molecule has 2 heterocycles. The van der Waals surface area contributed by atoms with Gasteiger partial charge in [-0.2, -0.15) is 0 Å². The number of rotatable bonds is 3. The molecule has 1 saturated carbocycles. The van der Waals surface area contributed by atoms with Crippen LogP contribution in [0.5, 0.6) is 0 Å². The lowest BCUT2D eigenvalue weighted by atomic mass is 9.99. The van der Waals surface area contributed by atoms with Crippen molar-refractivity contribution < 1.29 is 0 Å². The molecule has 1 saturated heterocycles. The molecule has 21 heavy (non-hydrogen) atoms. The summed E-state index contributed by atoms with van der Waals surface area (Å²) in [7, 11) is 0. The van der Waals surface area contributed by atoms with E-state index in [0.717, 1.165) is 19.0 Å². The minimum absolute atomic E-state index is 0.683. The first-order valence-corrected chi connectivity index (χ1v) is 8.20. The third-order valence-corrected chi connectivity index (χ3v) is 4.81. The zero-order valence-electron chi connectivity index (χ0n) is 12.7. The van der Waals surface area contributed by atoms with Crippen LogP contribution in [-0.4, -0.2) is 24.1 Å². The second-order valence-corrected chi connectivity index (χ2v) is 6.62. The molecule has 2 aliphatic rings. The first-order chi connectivity index (χ1) is 10.3. The molecule has 3 nitrogen and oxygen atoms in total. The standard InChI is InChI=1S/C18H23N3/c1-13-8-11-21(12-9-13)18-16-3-2-4-17(20-14-5-6-14)15(16)7-10-19-18/h2-4,7,10,13-14,20H,5-6,8-9,11-12H2,1H3. The van der Waals surface area contributed by atoms with Crippen molar-refractivity contribution >= 4 is 22.3 Å². The molecule has 0 radical (unpaired) electrons. The van der Waals surface area contributed by atoms with E-state index in [1.807, 2.05) is 6.20 Å². The first kappa shape index (κ1) is 12.9. The summed E-state index contributed by atoms with van der Waals surface area (Å²) in [5.41, 5.74) is 1.27. The highest BCUT2D eigenvalue weighted by Gasteiger charge is 2.23. The molecular weight excluding hydrogens is 258 g/mol. The average Bonchev–Trinajstić information content (AvgIpc) is 3.32. The van der Waals surface area contributed by atoms with E-state index in [2.05, 4.69) is 46.4 Å². The van der Waals surface area contributed by atoms with Gasteiger partial charge < -0.3 is 10.2 Å². The molecule has 0 amide bonds. The lowest BCUT2D eigenvalue weighted by Gasteiger charge is -2.32. The molecule has 1 aliphatic heterocycles. The number of benzene rings is 1. The molecular formula is C18H23N3. The predicted octanol–water partition coefficient (Wildman–Crippen LogP) is 4.05. The maximum atomic E-state index is 4.69. The summed E-state index contributed by atoms with van der Waals surface area (Å²) in [5, 5.41) is 6.25. The van der Waals surface area contributed by atoms with Gasteiger partial charge in [-0.3, -0.25) is 0 Å². The van der Waals surface area contributed by atoms with E-state index >= 15 is 0 Å². The van der Waals surface area contributed by atoms with Crippen LogP contribution in [0, 0.1) is 5.92 Å². The zero-order valence-corrected chi connectivity index (χ0v) is 12.7. The Labute approximate surface area is 126 Å². The molecule has 2 aromatic rings. The number of nitrogens with zero attached hydrogens (tertiary/aromatic N) is 2. The van der Waals surface area contributed by atoms with Gasteiger partial charge in [0, 0.05) is 41.8 Å². The molecule has 1 aromatic carbocycles. The van der Waals surface area contributed by atoms with E-state index in [-0.39, 0.29) is 0 Å². The van der Waals surface area contributed by atoms with Crippen LogP contribution < -0.4 is 10.2 Å². The number of anilines is 2. The van der Waals surface area contributed by atoms with Crippen LogP contribution in [0.1, 0.15) is 32.6 Å². The van der Waals surface area contributed by atoms with Crippen molar-refractivity contribution in [2.75, 3.05) is 23.3 Å². The summed E-state index contributed by atoms with van der Waals surface area (Å²) in [6.45, 7) is 4.62. The van der Waals surface area contributed by atoms with Crippen LogP contribution >= 0.6 is 0 Å². The normalized spacial score (nSPS) is 20.0. The van der Waals surface area contributed by atoms with Crippen LogP contribution in [0.3, 0.4) is 0 Å². The van der Waals surface area contributed by atoms with E-state index in [1.54, 1.807) is 0 Å². The highest BCUT2D eigenvalue weighted by molar-refractivity contribution is 6.00. The SMILES string of the molecule is CC1CCN(c2nccc3c(NC4CC4)cccc23)CC1. The van der Waals surface area contributed by atoms with Crippen molar-refractivity contribution in [3.8, 4) is 0 Å². The highest BCUT2D eigenvalue weighted by Crippen LogP contribution is 2.34. The second kappa shape index (κ2) is 5.21. The minimum atomic E-state index is 0.683. The average molecular weight is 281 g/mol. The van der Waals surface area contributed by atoms with E-state index in [1.165, 1.54) is 48.0 Å². The Balaban J connectivity index is 1.72. The summed E-state index contributed by atoms with van der Waals surface area (Å²) >= 11 is 0. The van der Waals surface area contributed by atoms with Crippen molar-refractivity contribution in [3.63, 3.8) is 0 Å². The van der Waals surface area contributed by atoms with Gasteiger partial charge in [-0.1, -0.05) is 19.1 Å². The van der Waals surface area contributed by atoms with Crippen LogP contribution in [0.15, 0.2) is 30.5 Å². The van der Waals surface area contributed by atoms with Gasteiger partial charge in [-0.25, -0.2) is 4.98 Å². The highest BCUT2D eigenvalue weighted by atomic mass is 15.2. The van der Waals surface area contributed by atoms with E-state index < -0.39 is 0 Å². The quantitative estimate of drug-likeness (QED) is 0.920. The van der Waals surface area contributed by atoms with Crippen molar-refractivity contribution in [2.24, 2.45) is 5.92 Å². The predicted molar refractivity (Wildman–Crippen MR) is 89.0 cm³/mol. The molecule has 0 spiro atoms. The first-order valence-electron chi connectivity index (χ1n) is 8.20. The maximum Gasteiger partial charge on any atom is 0.136 e. The number of aromatic nitrogens is 1. The lowest BCUT2D eigenvalue weighted by molar-refractivity contribution is 0.437. The van der Waals surface area contributed by atoms with Crippen molar-refractivity contribution in [1.29, 1.82) is 0 Å². The molecule has 2 fully saturated rings. The molecule has 0 atom stereocenters. The largest absolute Gasteiger partial charge is 0.382 e. The Bertz CT molecular complexity index is 640. The minimum Gasteiger partial charge on any atom is -0.382 e. The third kappa shape index (κ3) is 2.57. The molecule has 1 aliphatic carbocycles. The van der Waals surface area contributed by atoms with Gasteiger partial charge in [0.1, 0.15) is 5.82 Å². The van der Waals surface area contributed by atoms with Crippen LogP contribution in [0.4, 0.5) is 11.5 Å². The summed E-state index contributed by atoms with van der Waals surface area (Å²) in [6.07, 6.45) is 7.13. The molecule has 3 heteroatoms. The van der Waals surface area contributed by atoms with Crippen LogP contribution in [0.25, 0.3) is 10.8 Å².